The molecule has 0 radical (unpaired) electrons. The number of esters is 1. The number of carboxylic acids is 1. The molecule has 0 aromatic carbocycles. The van der Waals surface area contributed by atoms with E-state index in [1.807, 2.05) is 0 Å². The van der Waals surface area contributed by atoms with Crippen LogP contribution in [0.2, 0.25) is 0 Å². The van der Waals surface area contributed by atoms with Crippen molar-refractivity contribution in [3.8, 4) is 0 Å². The number of carbonyl (C=O) groups is 4. The summed E-state index contributed by atoms with van der Waals surface area (Å²) in [5.41, 5.74) is -0.638. The molecule has 2 aliphatic heterocycles. The normalized spacial score (nSPS) is 20.2. The van der Waals surface area contributed by atoms with Crippen LogP contribution in [0.3, 0.4) is 0 Å². The van der Waals surface area contributed by atoms with Gasteiger partial charge in [-0.05, 0) is 46.5 Å². The number of hydrogen-bond acceptors (Lipinski definition) is 7. The SMILES string of the molecule is CC(=O)O.CC(C)(C)OC(=O)C(Cl)C(=O)[C@@H]1CCCO1.O=C(CCl)[C@@H]1CCCO1.[F][W][I]. The molecule has 2 rings (SSSR count). The molecule has 2 fully saturated rings. The van der Waals surface area contributed by atoms with Crippen molar-refractivity contribution in [1.82, 2.24) is 0 Å². The van der Waals surface area contributed by atoms with E-state index in [1.54, 1.807) is 40.1 Å². The summed E-state index contributed by atoms with van der Waals surface area (Å²) in [5.74, 6) is -1.82. The molecular formula is C19H30Cl2FIO8W. The van der Waals surface area contributed by atoms with E-state index in [9.17, 15) is 17.5 Å². The second kappa shape index (κ2) is 19.4. The Morgan fingerprint density at radius 1 is 1.16 bits per heavy atom. The molecule has 0 aromatic heterocycles. The zero-order valence-corrected chi connectivity index (χ0v) is 25.0. The van der Waals surface area contributed by atoms with E-state index in [1.165, 1.54) is 0 Å². The van der Waals surface area contributed by atoms with E-state index in [2.05, 4.69) is 0 Å². The van der Waals surface area contributed by atoms with Gasteiger partial charge in [-0.25, -0.2) is 4.79 Å². The summed E-state index contributed by atoms with van der Waals surface area (Å²) in [6.07, 6.45) is 2.57. The Kier molecular flexibility index (Phi) is 20.8. The van der Waals surface area contributed by atoms with Gasteiger partial charge >= 0.3 is 43.9 Å². The summed E-state index contributed by atoms with van der Waals surface area (Å²) in [6.45, 7) is 7.53. The van der Waals surface area contributed by atoms with Gasteiger partial charge in [-0.2, -0.15) is 0 Å². The number of carboxylic acid groups (broad SMARTS) is 1. The molecule has 2 aliphatic rings. The number of hydrogen-bond donors (Lipinski definition) is 1. The van der Waals surface area contributed by atoms with E-state index < -0.39 is 50.2 Å². The van der Waals surface area contributed by atoms with Crippen LogP contribution in [0, 0.1) is 0 Å². The second-order valence-electron chi connectivity index (χ2n) is 7.48. The first-order valence-corrected chi connectivity index (χ1v) is 20.0. The first kappa shape index (κ1) is 34.3. The molecule has 0 amide bonds. The molecule has 8 nitrogen and oxygen atoms in total. The molecule has 0 aromatic rings. The monoisotopic (exact) mass is 786 g/mol. The molecule has 1 unspecified atom stereocenters. The number of Topliss-reactive ketones (excluding diaryl/α,β-unsaturated/α-hetero) is 2. The number of aliphatic carboxylic acids is 1. The van der Waals surface area contributed by atoms with Crippen LogP contribution >= 0.6 is 42.6 Å². The third-order valence-electron chi connectivity index (χ3n) is 3.53. The molecule has 13 heteroatoms. The van der Waals surface area contributed by atoms with Crippen LogP contribution in [0.1, 0.15) is 53.4 Å². The number of rotatable bonds is 5. The quantitative estimate of drug-likeness (QED) is 0.192. The van der Waals surface area contributed by atoms with E-state index >= 15 is 0 Å². The number of halogens is 4. The molecule has 188 valence electrons. The minimum absolute atomic E-state index is 0.0224. The van der Waals surface area contributed by atoms with Crippen LogP contribution in [0.25, 0.3) is 0 Å². The van der Waals surface area contributed by atoms with Gasteiger partial charge < -0.3 is 19.3 Å². The number of carbonyl (C=O) groups excluding carboxylic acids is 3. The van der Waals surface area contributed by atoms with Crippen molar-refractivity contribution in [2.45, 2.75) is 76.6 Å². The summed E-state index contributed by atoms with van der Waals surface area (Å²) < 4.78 is 25.7. The fraction of sp³-hybridized carbons (Fsp3) is 0.789. The molecule has 0 saturated carbocycles. The molecular weight excluding hydrogens is 757 g/mol. The van der Waals surface area contributed by atoms with E-state index in [4.69, 9.17) is 47.3 Å². The number of ketones is 2. The van der Waals surface area contributed by atoms with Gasteiger partial charge in [0, 0.05) is 20.1 Å². The Morgan fingerprint density at radius 2 is 1.56 bits per heavy atom. The van der Waals surface area contributed by atoms with Gasteiger partial charge in [0.15, 0.2) is 16.9 Å². The zero-order valence-electron chi connectivity index (χ0n) is 18.4. The first-order valence-electron chi connectivity index (χ1n) is 9.62. The van der Waals surface area contributed by atoms with E-state index in [0.717, 1.165) is 26.2 Å². The van der Waals surface area contributed by atoms with Crippen LogP contribution in [0.5, 0.6) is 0 Å². The molecule has 1 N–H and O–H groups in total. The van der Waals surface area contributed by atoms with Crippen LogP contribution in [0.15, 0.2) is 0 Å². The van der Waals surface area contributed by atoms with Gasteiger partial charge in [0.25, 0.3) is 5.97 Å². The number of ether oxygens (including phenoxy) is 3. The van der Waals surface area contributed by atoms with E-state index in [0.29, 0.717) is 19.6 Å². The van der Waals surface area contributed by atoms with Gasteiger partial charge in [-0.3, -0.25) is 14.4 Å². The van der Waals surface area contributed by atoms with Gasteiger partial charge in [0.1, 0.15) is 17.8 Å². The van der Waals surface area contributed by atoms with Crippen LogP contribution in [0.4, 0.5) is 3.16 Å². The Hall–Kier alpha value is 0.128. The topological polar surface area (TPSA) is 116 Å². The van der Waals surface area contributed by atoms with Gasteiger partial charge in [0.05, 0.1) is 5.88 Å². The summed E-state index contributed by atoms with van der Waals surface area (Å²) >= 11 is 11.6. The van der Waals surface area contributed by atoms with Crippen LogP contribution in [-0.2, 0) is 48.8 Å². The Labute approximate surface area is 217 Å². The van der Waals surface area contributed by atoms with Crippen LogP contribution in [-0.4, -0.2) is 70.9 Å². The summed E-state index contributed by atoms with van der Waals surface area (Å²) in [6, 6.07) is 0. The number of alkyl halides is 2. The van der Waals surface area contributed by atoms with Crippen molar-refractivity contribution >= 4 is 66.1 Å². The molecule has 0 aliphatic carbocycles. The van der Waals surface area contributed by atoms with Crippen molar-refractivity contribution in [1.29, 1.82) is 0 Å². The van der Waals surface area contributed by atoms with Gasteiger partial charge in [-0.15, -0.1) is 23.2 Å². The molecule has 3 atom stereocenters. The van der Waals surface area contributed by atoms with Crippen molar-refractivity contribution in [2.24, 2.45) is 0 Å². The average Bonchev–Trinajstić information content (AvgIpc) is 3.39. The first-order chi connectivity index (χ1) is 14.8. The maximum absolute atomic E-state index is 11.7. The van der Waals surface area contributed by atoms with Crippen molar-refractivity contribution in [3.63, 3.8) is 0 Å². The predicted molar refractivity (Wildman–Crippen MR) is 123 cm³/mol. The molecule has 32 heavy (non-hydrogen) atoms. The third-order valence-corrected chi connectivity index (χ3v) is 4.19. The summed E-state index contributed by atoms with van der Waals surface area (Å²) in [7, 11) is 0. The van der Waals surface area contributed by atoms with Crippen molar-refractivity contribution < 1.29 is 57.1 Å². The minimum atomic E-state index is -1.28. The average molecular weight is 787 g/mol. The fourth-order valence-electron chi connectivity index (χ4n) is 2.35. The Balaban J connectivity index is 0. The van der Waals surface area contributed by atoms with Crippen LogP contribution < -0.4 is 0 Å². The Morgan fingerprint density at radius 3 is 1.88 bits per heavy atom. The predicted octanol–water partition coefficient (Wildman–Crippen LogP) is 4.05. The fourth-order valence-corrected chi connectivity index (χ4v) is 2.71. The summed E-state index contributed by atoms with van der Waals surface area (Å²) in [5, 5.41) is 6.15. The molecule has 2 heterocycles. The Bertz CT molecular complexity index is 576. The third kappa shape index (κ3) is 18.5. The standard InChI is InChI=1S/C11H17ClO4.C6H9ClO2.C2H4O2.FH.HI.W/c1-11(2,3)16-10(14)8(12)9(13)7-5-4-6-15-7;7-4-5(8)6-2-1-3-9-6;1-2(3)4;;;/h7-8H,4-6H2,1-3H3;6H,1-4H2;1H3,(H,3,4);2*1H;/q;;;;;+2/p-2/t7-,8?;6-;;;;/m00..../s1. The van der Waals surface area contributed by atoms with Gasteiger partial charge in [-0.1, -0.05) is 0 Å². The van der Waals surface area contributed by atoms with Gasteiger partial charge in [0.2, 0.25) is 0 Å². The van der Waals surface area contributed by atoms with Crippen molar-refractivity contribution in [3.05, 3.63) is 0 Å². The molecule has 2 saturated heterocycles. The van der Waals surface area contributed by atoms with E-state index in [-0.39, 0.29) is 17.8 Å². The zero-order chi connectivity index (χ0) is 25.3. The maximum atomic E-state index is 11.7. The second-order valence-corrected chi connectivity index (χ2v) is 11.3. The summed E-state index contributed by atoms with van der Waals surface area (Å²) in [4.78, 5) is 43.0. The molecule has 0 spiro atoms. The molecule has 0 bridgehead atoms. The van der Waals surface area contributed by atoms with Crippen molar-refractivity contribution in [2.75, 3.05) is 19.1 Å².